The molecule has 2 unspecified atom stereocenters. The summed E-state index contributed by atoms with van der Waals surface area (Å²) in [6, 6.07) is 6.92. The van der Waals surface area contributed by atoms with E-state index in [0.29, 0.717) is 0 Å². The lowest BCUT2D eigenvalue weighted by Crippen LogP contribution is -2.43. The van der Waals surface area contributed by atoms with Gasteiger partial charge in [0.15, 0.2) is 0 Å². The third kappa shape index (κ3) is 2.45. The van der Waals surface area contributed by atoms with E-state index in [-0.39, 0.29) is 22.7 Å². The van der Waals surface area contributed by atoms with E-state index in [0.717, 1.165) is 24.9 Å². The molecule has 92 valence electrons. The summed E-state index contributed by atoms with van der Waals surface area (Å²) < 4.78 is 0. The molecule has 0 bridgehead atoms. The van der Waals surface area contributed by atoms with Gasteiger partial charge in [-0.15, -0.1) is 0 Å². The van der Waals surface area contributed by atoms with Crippen molar-refractivity contribution in [3.05, 3.63) is 39.9 Å². The number of rotatable bonds is 2. The Balaban J connectivity index is 2.31. The van der Waals surface area contributed by atoms with Gasteiger partial charge in [-0.05, 0) is 32.0 Å². The van der Waals surface area contributed by atoms with Crippen LogP contribution in [0.2, 0.25) is 0 Å². The van der Waals surface area contributed by atoms with E-state index >= 15 is 0 Å². The van der Waals surface area contributed by atoms with Crippen molar-refractivity contribution in [1.82, 2.24) is 4.90 Å². The maximum absolute atomic E-state index is 10.8. The minimum absolute atomic E-state index is 0.0516. The summed E-state index contributed by atoms with van der Waals surface area (Å²) in [5, 5.41) is 10.8. The van der Waals surface area contributed by atoms with E-state index in [9.17, 15) is 10.1 Å². The summed E-state index contributed by atoms with van der Waals surface area (Å²) in [6.45, 7) is 0.987. The molecule has 2 atom stereocenters. The first-order valence-electron chi connectivity index (χ1n) is 5.80. The van der Waals surface area contributed by atoms with Crippen LogP contribution in [0.1, 0.15) is 24.4 Å². The molecule has 0 aliphatic carbocycles. The van der Waals surface area contributed by atoms with Crippen molar-refractivity contribution in [2.24, 2.45) is 5.73 Å². The summed E-state index contributed by atoms with van der Waals surface area (Å²) in [6.07, 6.45) is 2.06. The van der Waals surface area contributed by atoms with Crippen LogP contribution in [0.4, 0.5) is 5.69 Å². The van der Waals surface area contributed by atoms with Crippen molar-refractivity contribution in [3.63, 3.8) is 0 Å². The molecule has 5 nitrogen and oxygen atoms in total. The first-order chi connectivity index (χ1) is 8.09. The molecule has 2 N–H and O–H groups in total. The molecule has 0 spiro atoms. The number of nitrogens with two attached hydrogens (primary N) is 1. The number of nitro groups is 1. The van der Waals surface area contributed by atoms with Crippen LogP contribution in [0.25, 0.3) is 0 Å². The summed E-state index contributed by atoms with van der Waals surface area (Å²) in [5.41, 5.74) is 7.19. The van der Waals surface area contributed by atoms with E-state index in [2.05, 4.69) is 4.90 Å². The van der Waals surface area contributed by atoms with Crippen molar-refractivity contribution < 1.29 is 4.92 Å². The van der Waals surface area contributed by atoms with Gasteiger partial charge in [-0.25, -0.2) is 0 Å². The van der Waals surface area contributed by atoms with Crippen LogP contribution in [0, 0.1) is 10.1 Å². The average Bonchev–Trinajstić information content (AvgIpc) is 2.29. The van der Waals surface area contributed by atoms with Gasteiger partial charge in [0.2, 0.25) is 0 Å². The minimum atomic E-state index is -0.363. The maximum atomic E-state index is 10.8. The lowest BCUT2D eigenvalue weighted by Gasteiger charge is -2.37. The number of likely N-dealkylation sites (N-methyl/N-ethyl adjacent to an activating group) is 1. The van der Waals surface area contributed by atoms with Crippen LogP contribution in [0.3, 0.4) is 0 Å². The second kappa shape index (κ2) is 4.81. The molecule has 0 aromatic heterocycles. The molecule has 5 heteroatoms. The lowest BCUT2D eigenvalue weighted by molar-refractivity contribution is -0.385. The highest BCUT2D eigenvalue weighted by Gasteiger charge is 2.28. The van der Waals surface area contributed by atoms with Gasteiger partial charge in [0.1, 0.15) is 0 Å². The molecule has 1 aromatic rings. The third-order valence-electron chi connectivity index (χ3n) is 3.35. The number of nitro benzene ring substituents is 1. The van der Waals surface area contributed by atoms with Gasteiger partial charge in [-0.1, -0.05) is 12.1 Å². The van der Waals surface area contributed by atoms with Gasteiger partial charge in [0.05, 0.1) is 4.92 Å². The molecule has 1 saturated heterocycles. The van der Waals surface area contributed by atoms with Crippen LogP contribution < -0.4 is 5.73 Å². The minimum Gasteiger partial charge on any atom is -0.326 e. The molecule has 1 aliphatic rings. The Hall–Kier alpha value is -1.46. The number of nitrogens with zero attached hydrogens (tertiary/aromatic N) is 2. The molecule has 0 amide bonds. The van der Waals surface area contributed by atoms with Crippen molar-refractivity contribution in [2.75, 3.05) is 13.6 Å². The Morgan fingerprint density at radius 2 is 2.29 bits per heavy atom. The number of likely N-dealkylation sites (tertiary alicyclic amines) is 1. The Kier molecular flexibility index (Phi) is 3.40. The number of hydrogen-bond donors (Lipinski definition) is 1. The average molecular weight is 235 g/mol. The zero-order valence-electron chi connectivity index (χ0n) is 9.87. The number of hydrogen-bond acceptors (Lipinski definition) is 4. The number of benzene rings is 1. The summed E-state index contributed by atoms with van der Waals surface area (Å²) >= 11 is 0. The fourth-order valence-electron chi connectivity index (χ4n) is 2.52. The monoisotopic (exact) mass is 235 g/mol. The SMILES string of the molecule is CN1CCCC(N)C1c1cccc([N+](=O)[O-])c1. The first kappa shape index (κ1) is 12.0. The number of non-ortho nitro benzene ring substituents is 1. The molecule has 1 heterocycles. The molecular weight excluding hydrogens is 218 g/mol. The molecule has 17 heavy (non-hydrogen) atoms. The van der Waals surface area contributed by atoms with Gasteiger partial charge in [0, 0.05) is 24.2 Å². The van der Waals surface area contributed by atoms with E-state index in [1.807, 2.05) is 13.1 Å². The zero-order valence-corrected chi connectivity index (χ0v) is 9.87. The van der Waals surface area contributed by atoms with Crippen molar-refractivity contribution in [1.29, 1.82) is 0 Å². The topological polar surface area (TPSA) is 72.4 Å². The largest absolute Gasteiger partial charge is 0.326 e. The summed E-state index contributed by atoms with van der Waals surface area (Å²) in [7, 11) is 2.02. The number of piperidine rings is 1. The predicted molar refractivity (Wildman–Crippen MR) is 65.7 cm³/mol. The predicted octanol–water partition coefficient (Wildman–Crippen LogP) is 1.69. The normalized spacial score (nSPS) is 25.8. The van der Waals surface area contributed by atoms with Crippen molar-refractivity contribution in [3.8, 4) is 0 Å². The third-order valence-corrected chi connectivity index (χ3v) is 3.35. The first-order valence-corrected chi connectivity index (χ1v) is 5.80. The lowest BCUT2D eigenvalue weighted by atomic mass is 9.91. The second-order valence-electron chi connectivity index (χ2n) is 4.58. The van der Waals surface area contributed by atoms with Crippen LogP contribution in [0.15, 0.2) is 24.3 Å². The zero-order chi connectivity index (χ0) is 12.4. The standard InChI is InChI=1S/C12H17N3O2/c1-14-7-3-6-11(13)12(14)9-4-2-5-10(8-9)15(16)17/h2,4-5,8,11-12H,3,6-7,13H2,1H3. The Bertz CT molecular complexity index is 412. The fraction of sp³-hybridized carbons (Fsp3) is 0.500. The maximum Gasteiger partial charge on any atom is 0.269 e. The van der Waals surface area contributed by atoms with Gasteiger partial charge >= 0.3 is 0 Å². The van der Waals surface area contributed by atoms with E-state index in [4.69, 9.17) is 5.73 Å². The fourth-order valence-corrected chi connectivity index (χ4v) is 2.52. The highest BCUT2D eigenvalue weighted by molar-refractivity contribution is 5.36. The van der Waals surface area contributed by atoms with E-state index in [1.54, 1.807) is 12.1 Å². The van der Waals surface area contributed by atoms with E-state index < -0.39 is 0 Å². The van der Waals surface area contributed by atoms with Crippen molar-refractivity contribution in [2.45, 2.75) is 24.9 Å². The quantitative estimate of drug-likeness (QED) is 0.625. The van der Waals surface area contributed by atoms with Gasteiger partial charge < -0.3 is 5.73 Å². The molecule has 1 aromatic carbocycles. The van der Waals surface area contributed by atoms with Crippen molar-refractivity contribution >= 4 is 5.69 Å². The molecule has 2 rings (SSSR count). The highest BCUT2D eigenvalue weighted by Crippen LogP contribution is 2.30. The van der Waals surface area contributed by atoms with Crippen LogP contribution in [-0.4, -0.2) is 29.5 Å². The molecule has 1 fully saturated rings. The molecular formula is C12H17N3O2. The molecule has 1 aliphatic heterocycles. The van der Waals surface area contributed by atoms with Gasteiger partial charge in [-0.2, -0.15) is 0 Å². The summed E-state index contributed by atoms with van der Waals surface area (Å²) in [4.78, 5) is 12.6. The second-order valence-corrected chi connectivity index (χ2v) is 4.58. The van der Waals surface area contributed by atoms with E-state index in [1.165, 1.54) is 6.07 Å². The Labute approximate surface area is 100 Å². The van der Waals surface area contributed by atoms with Gasteiger partial charge in [-0.3, -0.25) is 15.0 Å². The Morgan fingerprint density at radius 1 is 1.53 bits per heavy atom. The molecule has 0 radical (unpaired) electrons. The van der Waals surface area contributed by atoms with Crippen LogP contribution in [0.5, 0.6) is 0 Å². The van der Waals surface area contributed by atoms with Crippen LogP contribution in [-0.2, 0) is 0 Å². The highest BCUT2D eigenvalue weighted by atomic mass is 16.6. The Morgan fingerprint density at radius 3 is 2.94 bits per heavy atom. The van der Waals surface area contributed by atoms with Crippen LogP contribution >= 0.6 is 0 Å². The smallest absolute Gasteiger partial charge is 0.269 e. The van der Waals surface area contributed by atoms with Gasteiger partial charge in [0.25, 0.3) is 5.69 Å². The molecule has 0 saturated carbocycles. The summed E-state index contributed by atoms with van der Waals surface area (Å²) in [5.74, 6) is 0.